The van der Waals surface area contributed by atoms with Gasteiger partial charge >= 0.3 is 0 Å². The molecule has 0 amide bonds. The van der Waals surface area contributed by atoms with Crippen LogP contribution in [0, 0.1) is 5.92 Å². The van der Waals surface area contributed by atoms with E-state index in [1.54, 1.807) is 0 Å². The average molecular weight is 324 g/mol. The summed E-state index contributed by atoms with van der Waals surface area (Å²) in [5, 5.41) is 7.01. The van der Waals surface area contributed by atoms with Crippen LogP contribution in [0.25, 0.3) is 0 Å². The number of aliphatic imine (C=N–C) groups is 1. The normalized spacial score (nSPS) is 27.9. The Labute approximate surface area is 142 Å². The summed E-state index contributed by atoms with van der Waals surface area (Å²) in [6.07, 6.45) is 8.07. The number of piperidine rings is 2. The Hall–Kier alpha value is -0.810. The third-order valence-corrected chi connectivity index (χ3v) is 5.42. The fraction of sp³-hybridized carbons (Fsp3) is 0.944. The van der Waals surface area contributed by atoms with Crippen molar-refractivity contribution in [1.29, 1.82) is 0 Å². The van der Waals surface area contributed by atoms with Crippen LogP contribution in [0.3, 0.4) is 0 Å². The monoisotopic (exact) mass is 323 g/mol. The van der Waals surface area contributed by atoms with Crippen molar-refractivity contribution in [3.8, 4) is 0 Å². The molecule has 0 saturated carbocycles. The summed E-state index contributed by atoms with van der Waals surface area (Å²) in [6.45, 7) is 9.18. The molecule has 5 heteroatoms. The van der Waals surface area contributed by atoms with Crippen LogP contribution in [0.2, 0.25) is 0 Å². The smallest absolute Gasteiger partial charge is 0.191 e. The van der Waals surface area contributed by atoms with Gasteiger partial charge in [-0.2, -0.15) is 0 Å². The summed E-state index contributed by atoms with van der Waals surface area (Å²) < 4.78 is 0. The highest BCUT2D eigenvalue weighted by atomic mass is 15.2. The van der Waals surface area contributed by atoms with Gasteiger partial charge in [0.2, 0.25) is 0 Å². The average Bonchev–Trinajstić information content (AvgIpc) is 2.58. The summed E-state index contributed by atoms with van der Waals surface area (Å²) >= 11 is 0. The molecule has 5 nitrogen and oxygen atoms in total. The van der Waals surface area contributed by atoms with Gasteiger partial charge in [-0.05, 0) is 58.2 Å². The Balaban J connectivity index is 1.64. The molecule has 2 fully saturated rings. The number of hydrogen-bond acceptors (Lipinski definition) is 3. The quantitative estimate of drug-likeness (QED) is 0.577. The predicted molar refractivity (Wildman–Crippen MR) is 99.1 cm³/mol. The SMILES string of the molecule is CCC1CCCCN1CCNC(=NC)NCC1CCCN(C)C1. The summed E-state index contributed by atoms with van der Waals surface area (Å²) in [4.78, 5) is 9.47. The summed E-state index contributed by atoms with van der Waals surface area (Å²) in [7, 11) is 4.10. The van der Waals surface area contributed by atoms with Gasteiger partial charge in [0, 0.05) is 39.3 Å². The fourth-order valence-corrected chi connectivity index (χ4v) is 4.04. The minimum Gasteiger partial charge on any atom is -0.356 e. The molecule has 0 aliphatic carbocycles. The predicted octanol–water partition coefficient (Wildman–Crippen LogP) is 1.76. The van der Waals surface area contributed by atoms with Crippen molar-refractivity contribution >= 4 is 5.96 Å². The highest BCUT2D eigenvalue weighted by Gasteiger charge is 2.20. The van der Waals surface area contributed by atoms with Crippen LogP contribution in [-0.2, 0) is 0 Å². The van der Waals surface area contributed by atoms with Crippen LogP contribution in [0.4, 0.5) is 0 Å². The molecular weight excluding hydrogens is 286 g/mol. The van der Waals surface area contributed by atoms with Gasteiger partial charge in [0.25, 0.3) is 0 Å². The van der Waals surface area contributed by atoms with Gasteiger partial charge in [0.1, 0.15) is 0 Å². The minimum atomic E-state index is 0.749. The molecule has 0 aromatic heterocycles. The molecule has 2 rings (SSSR count). The van der Waals surface area contributed by atoms with Crippen molar-refractivity contribution < 1.29 is 0 Å². The number of guanidine groups is 1. The Bertz CT molecular complexity index is 357. The van der Waals surface area contributed by atoms with Crippen LogP contribution < -0.4 is 10.6 Å². The molecule has 23 heavy (non-hydrogen) atoms. The maximum absolute atomic E-state index is 4.38. The number of hydrogen-bond donors (Lipinski definition) is 2. The Morgan fingerprint density at radius 2 is 2.00 bits per heavy atom. The van der Waals surface area contributed by atoms with E-state index < -0.39 is 0 Å². The van der Waals surface area contributed by atoms with Gasteiger partial charge in [0.05, 0.1) is 0 Å². The van der Waals surface area contributed by atoms with Crippen LogP contribution in [-0.4, -0.2) is 75.2 Å². The van der Waals surface area contributed by atoms with E-state index in [0.29, 0.717) is 0 Å². The van der Waals surface area contributed by atoms with E-state index >= 15 is 0 Å². The zero-order chi connectivity index (χ0) is 16.5. The Morgan fingerprint density at radius 1 is 1.13 bits per heavy atom. The molecule has 0 aromatic carbocycles. The number of nitrogens with zero attached hydrogens (tertiary/aromatic N) is 3. The van der Waals surface area contributed by atoms with Gasteiger partial charge in [-0.1, -0.05) is 13.3 Å². The van der Waals surface area contributed by atoms with E-state index in [0.717, 1.165) is 37.6 Å². The second-order valence-electron chi connectivity index (χ2n) is 7.24. The molecule has 2 unspecified atom stereocenters. The zero-order valence-electron chi connectivity index (χ0n) is 15.5. The highest BCUT2D eigenvalue weighted by molar-refractivity contribution is 5.79. The first-order valence-corrected chi connectivity index (χ1v) is 9.60. The van der Waals surface area contributed by atoms with E-state index in [1.807, 2.05) is 7.05 Å². The lowest BCUT2D eigenvalue weighted by Gasteiger charge is -2.35. The van der Waals surface area contributed by atoms with Crippen LogP contribution >= 0.6 is 0 Å². The van der Waals surface area contributed by atoms with Crippen LogP contribution in [0.5, 0.6) is 0 Å². The third kappa shape index (κ3) is 6.30. The van der Waals surface area contributed by atoms with E-state index in [9.17, 15) is 0 Å². The molecule has 0 aromatic rings. The standard InChI is InChI=1S/C18H37N5/c1-4-17-9-5-6-12-23(17)13-10-20-18(19-2)21-14-16-8-7-11-22(3)15-16/h16-17H,4-15H2,1-3H3,(H2,19,20,21). The second-order valence-corrected chi connectivity index (χ2v) is 7.24. The van der Waals surface area contributed by atoms with E-state index in [4.69, 9.17) is 0 Å². The number of likely N-dealkylation sites (tertiary alicyclic amines) is 2. The molecule has 2 heterocycles. The highest BCUT2D eigenvalue weighted by Crippen LogP contribution is 2.18. The first-order chi connectivity index (χ1) is 11.2. The maximum atomic E-state index is 4.38. The van der Waals surface area contributed by atoms with Crippen LogP contribution in [0.1, 0.15) is 45.4 Å². The molecule has 2 atom stereocenters. The van der Waals surface area contributed by atoms with E-state index in [-0.39, 0.29) is 0 Å². The van der Waals surface area contributed by atoms with Gasteiger partial charge in [-0.3, -0.25) is 9.89 Å². The Kier molecular flexibility index (Phi) is 8.17. The van der Waals surface area contributed by atoms with Gasteiger partial charge in [-0.25, -0.2) is 0 Å². The van der Waals surface area contributed by atoms with Crippen molar-refractivity contribution in [3.63, 3.8) is 0 Å². The van der Waals surface area contributed by atoms with Gasteiger partial charge < -0.3 is 15.5 Å². The zero-order valence-corrected chi connectivity index (χ0v) is 15.5. The summed E-state index contributed by atoms with van der Waals surface area (Å²) in [5.41, 5.74) is 0. The maximum Gasteiger partial charge on any atom is 0.191 e. The fourth-order valence-electron chi connectivity index (χ4n) is 4.04. The first-order valence-electron chi connectivity index (χ1n) is 9.60. The van der Waals surface area contributed by atoms with Crippen LogP contribution in [0.15, 0.2) is 4.99 Å². The topological polar surface area (TPSA) is 42.9 Å². The molecule has 2 aliphatic heterocycles. The van der Waals surface area contributed by atoms with Gasteiger partial charge in [-0.15, -0.1) is 0 Å². The first kappa shape index (κ1) is 18.5. The molecule has 2 aliphatic rings. The lowest BCUT2D eigenvalue weighted by molar-refractivity contribution is 0.147. The van der Waals surface area contributed by atoms with Crippen molar-refractivity contribution in [2.75, 3.05) is 53.4 Å². The number of rotatable bonds is 6. The third-order valence-electron chi connectivity index (χ3n) is 5.42. The molecule has 2 N–H and O–H groups in total. The molecule has 0 spiro atoms. The second kappa shape index (κ2) is 10.1. The van der Waals surface area contributed by atoms with Crippen molar-refractivity contribution in [3.05, 3.63) is 0 Å². The van der Waals surface area contributed by atoms with E-state index in [1.165, 1.54) is 58.2 Å². The molecule has 0 radical (unpaired) electrons. The van der Waals surface area contributed by atoms with Crippen molar-refractivity contribution in [2.24, 2.45) is 10.9 Å². The van der Waals surface area contributed by atoms with Crippen molar-refractivity contribution in [1.82, 2.24) is 20.4 Å². The lowest BCUT2D eigenvalue weighted by Crippen LogP contribution is -2.47. The molecule has 2 saturated heterocycles. The largest absolute Gasteiger partial charge is 0.356 e. The van der Waals surface area contributed by atoms with Crippen molar-refractivity contribution in [2.45, 2.75) is 51.5 Å². The van der Waals surface area contributed by atoms with Gasteiger partial charge in [0.15, 0.2) is 5.96 Å². The molecular formula is C18H37N5. The molecule has 0 bridgehead atoms. The molecule has 134 valence electrons. The van der Waals surface area contributed by atoms with E-state index in [2.05, 4.69) is 39.4 Å². The summed E-state index contributed by atoms with van der Waals surface area (Å²) in [5.74, 6) is 1.71. The summed E-state index contributed by atoms with van der Waals surface area (Å²) in [6, 6.07) is 0.790. The lowest BCUT2D eigenvalue weighted by atomic mass is 9.99. The Morgan fingerprint density at radius 3 is 2.74 bits per heavy atom. The minimum absolute atomic E-state index is 0.749. The number of nitrogens with one attached hydrogen (secondary N) is 2.